The molecular weight excluding hydrogens is 295 g/mol. The number of nitrogens with two attached hydrogens (primary N) is 1. The number of amides is 1. The Morgan fingerprint density at radius 2 is 2.04 bits per heavy atom. The maximum Gasteiger partial charge on any atom is 0.239 e. The fourth-order valence-corrected chi connectivity index (χ4v) is 2.51. The molecule has 0 saturated heterocycles. The van der Waals surface area contributed by atoms with E-state index in [9.17, 15) is 9.18 Å². The van der Waals surface area contributed by atoms with E-state index in [4.69, 9.17) is 5.73 Å². The van der Waals surface area contributed by atoms with Crippen molar-refractivity contribution in [1.29, 1.82) is 0 Å². The molecule has 118 valence electrons. The summed E-state index contributed by atoms with van der Waals surface area (Å²) < 4.78 is 15.0. The number of primary amides is 1. The van der Waals surface area contributed by atoms with Gasteiger partial charge < -0.3 is 10.1 Å². The SMILES string of the molecule is Cc1ccc2ncc(CN[C@@H](C(N)=O)c3ccc(F)cc3)n2c1. The number of aromatic nitrogens is 2. The Kier molecular flexibility index (Phi) is 4.08. The summed E-state index contributed by atoms with van der Waals surface area (Å²) in [6.07, 6.45) is 3.74. The van der Waals surface area contributed by atoms with Gasteiger partial charge >= 0.3 is 0 Å². The monoisotopic (exact) mass is 312 g/mol. The van der Waals surface area contributed by atoms with Crippen molar-refractivity contribution in [3.05, 3.63) is 71.4 Å². The molecule has 0 aliphatic carbocycles. The van der Waals surface area contributed by atoms with Crippen LogP contribution in [0.3, 0.4) is 0 Å². The highest BCUT2D eigenvalue weighted by atomic mass is 19.1. The summed E-state index contributed by atoms with van der Waals surface area (Å²) in [6, 6.07) is 8.96. The maximum absolute atomic E-state index is 13.0. The Hall–Kier alpha value is -2.73. The van der Waals surface area contributed by atoms with Crippen molar-refractivity contribution in [3.63, 3.8) is 0 Å². The first-order chi connectivity index (χ1) is 11.0. The Morgan fingerprint density at radius 3 is 2.74 bits per heavy atom. The van der Waals surface area contributed by atoms with Crippen LogP contribution in [0.4, 0.5) is 4.39 Å². The summed E-state index contributed by atoms with van der Waals surface area (Å²) in [5, 5.41) is 3.11. The number of halogens is 1. The van der Waals surface area contributed by atoms with Gasteiger partial charge in [0.05, 0.1) is 11.9 Å². The van der Waals surface area contributed by atoms with Crippen LogP contribution in [0.1, 0.15) is 22.9 Å². The van der Waals surface area contributed by atoms with Crippen molar-refractivity contribution in [2.24, 2.45) is 5.73 Å². The molecule has 1 aromatic carbocycles. The van der Waals surface area contributed by atoms with Crippen LogP contribution in [-0.2, 0) is 11.3 Å². The summed E-state index contributed by atoms with van der Waals surface area (Å²) in [5.41, 5.74) is 8.96. The van der Waals surface area contributed by atoms with E-state index in [1.54, 1.807) is 18.3 Å². The lowest BCUT2D eigenvalue weighted by Crippen LogP contribution is -2.33. The van der Waals surface area contributed by atoms with Crippen LogP contribution in [0, 0.1) is 12.7 Å². The van der Waals surface area contributed by atoms with Crippen molar-refractivity contribution < 1.29 is 9.18 Å². The fourth-order valence-electron chi connectivity index (χ4n) is 2.51. The minimum atomic E-state index is -0.689. The Bertz CT molecular complexity index is 841. The van der Waals surface area contributed by atoms with Gasteiger partial charge in [0.25, 0.3) is 0 Å². The Morgan fingerprint density at radius 1 is 1.30 bits per heavy atom. The molecule has 5 nitrogen and oxygen atoms in total. The van der Waals surface area contributed by atoms with Crippen LogP contribution in [0.5, 0.6) is 0 Å². The molecule has 1 atom stereocenters. The van der Waals surface area contributed by atoms with Crippen molar-refractivity contribution >= 4 is 11.6 Å². The van der Waals surface area contributed by atoms with E-state index < -0.39 is 11.9 Å². The smallest absolute Gasteiger partial charge is 0.239 e. The van der Waals surface area contributed by atoms with E-state index in [2.05, 4.69) is 10.3 Å². The maximum atomic E-state index is 13.0. The number of nitrogens with zero attached hydrogens (tertiary/aromatic N) is 2. The quantitative estimate of drug-likeness (QED) is 0.758. The number of fused-ring (bicyclic) bond motifs is 1. The molecule has 3 N–H and O–H groups in total. The zero-order valence-electron chi connectivity index (χ0n) is 12.7. The van der Waals surface area contributed by atoms with Crippen molar-refractivity contribution in [3.8, 4) is 0 Å². The number of hydrogen-bond acceptors (Lipinski definition) is 3. The summed E-state index contributed by atoms with van der Waals surface area (Å²) >= 11 is 0. The van der Waals surface area contributed by atoms with Gasteiger partial charge in [0, 0.05) is 12.7 Å². The number of carbonyl (C=O) groups is 1. The van der Waals surface area contributed by atoms with E-state index >= 15 is 0 Å². The number of rotatable bonds is 5. The lowest BCUT2D eigenvalue weighted by molar-refractivity contribution is -0.120. The summed E-state index contributed by atoms with van der Waals surface area (Å²) in [6.45, 7) is 2.41. The fraction of sp³-hybridized carbons (Fsp3) is 0.176. The standard InChI is InChI=1S/C17H17FN4O/c1-11-2-7-15-20-8-14(22(15)10-11)9-21-16(17(19)23)12-3-5-13(18)6-4-12/h2-8,10,16,21H,9H2,1H3,(H2,19,23)/t16-/m1/s1. The lowest BCUT2D eigenvalue weighted by Gasteiger charge is -2.15. The molecular formula is C17H17FN4O. The van der Waals surface area contributed by atoms with Gasteiger partial charge in [-0.3, -0.25) is 10.1 Å². The highest BCUT2D eigenvalue weighted by molar-refractivity contribution is 5.81. The van der Waals surface area contributed by atoms with Gasteiger partial charge in [0.15, 0.2) is 0 Å². The molecule has 0 aliphatic heterocycles. The normalized spacial score (nSPS) is 12.4. The first kappa shape index (κ1) is 15.2. The highest BCUT2D eigenvalue weighted by Crippen LogP contribution is 2.15. The van der Waals surface area contributed by atoms with Gasteiger partial charge in [-0.1, -0.05) is 18.2 Å². The summed E-state index contributed by atoms with van der Waals surface area (Å²) in [5.74, 6) is -0.865. The van der Waals surface area contributed by atoms with Crippen molar-refractivity contribution in [1.82, 2.24) is 14.7 Å². The van der Waals surface area contributed by atoms with Gasteiger partial charge in [0.1, 0.15) is 17.5 Å². The third-order valence-electron chi connectivity index (χ3n) is 3.71. The first-order valence-electron chi connectivity index (χ1n) is 7.25. The van der Waals surface area contributed by atoms with Crippen LogP contribution in [-0.4, -0.2) is 15.3 Å². The number of hydrogen-bond donors (Lipinski definition) is 2. The van der Waals surface area contributed by atoms with Gasteiger partial charge in [-0.25, -0.2) is 9.37 Å². The van der Waals surface area contributed by atoms with Gasteiger partial charge in [-0.15, -0.1) is 0 Å². The van der Waals surface area contributed by atoms with Crippen molar-refractivity contribution in [2.45, 2.75) is 19.5 Å². The minimum absolute atomic E-state index is 0.353. The van der Waals surface area contributed by atoms with Crippen LogP contribution >= 0.6 is 0 Å². The summed E-state index contributed by atoms with van der Waals surface area (Å²) in [4.78, 5) is 16.0. The second-order valence-corrected chi connectivity index (χ2v) is 5.45. The molecule has 3 rings (SSSR count). The van der Waals surface area contributed by atoms with Gasteiger partial charge in [0.2, 0.25) is 5.91 Å². The van der Waals surface area contributed by atoms with E-state index in [0.29, 0.717) is 12.1 Å². The number of benzene rings is 1. The number of imidazole rings is 1. The average molecular weight is 312 g/mol. The number of aryl methyl sites for hydroxylation is 1. The molecule has 0 aliphatic rings. The Labute approximate surface area is 133 Å². The zero-order valence-corrected chi connectivity index (χ0v) is 12.7. The zero-order chi connectivity index (χ0) is 16.4. The van der Waals surface area contributed by atoms with E-state index in [1.165, 1.54) is 12.1 Å². The second-order valence-electron chi connectivity index (χ2n) is 5.45. The third-order valence-corrected chi connectivity index (χ3v) is 3.71. The predicted octanol–water partition coefficient (Wildman–Crippen LogP) is 2.10. The molecule has 0 saturated carbocycles. The highest BCUT2D eigenvalue weighted by Gasteiger charge is 2.18. The van der Waals surface area contributed by atoms with Crippen LogP contribution in [0.2, 0.25) is 0 Å². The van der Waals surface area contributed by atoms with E-state index in [1.807, 2.05) is 29.7 Å². The topological polar surface area (TPSA) is 72.4 Å². The largest absolute Gasteiger partial charge is 0.368 e. The molecule has 0 radical (unpaired) electrons. The second kappa shape index (κ2) is 6.18. The van der Waals surface area contributed by atoms with Crippen LogP contribution in [0.15, 0.2) is 48.8 Å². The molecule has 23 heavy (non-hydrogen) atoms. The van der Waals surface area contributed by atoms with Crippen molar-refractivity contribution in [2.75, 3.05) is 0 Å². The number of pyridine rings is 1. The van der Waals surface area contributed by atoms with Crippen LogP contribution < -0.4 is 11.1 Å². The molecule has 6 heteroatoms. The molecule has 2 heterocycles. The predicted molar refractivity (Wildman–Crippen MR) is 85.1 cm³/mol. The molecule has 3 aromatic rings. The first-order valence-corrected chi connectivity index (χ1v) is 7.25. The third kappa shape index (κ3) is 3.22. The lowest BCUT2D eigenvalue weighted by atomic mass is 10.1. The van der Waals surface area contributed by atoms with Crippen LogP contribution in [0.25, 0.3) is 5.65 Å². The van der Waals surface area contributed by atoms with E-state index in [0.717, 1.165) is 16.9 Å². The van der Waals surface area contributed by atoms with E-state index in [-0.39, 0.29) is 5.82 Å². The Balaban J connectivity index is 1.82. The molecule has 1 amide bonds. The minimum Gasteiger partial charge on any atom is -0.368 e. The van der Waals surface area contributed by atoms with Gasteiger partial charge in [-0.2, -0.15) is 0 Å². The number of carbonyl (C=O) groups excluding carboxylic acids is 1. The molecule has 0 unspecified atom stereocenters. The summed E-state index contributed by atoms with van der Waals surface area (Å²) in [7, 11) is 0. The molecule has 0 fully saturated rings. The van der Waals surface area contributed by atoms with Gasteiger partial charge in [-0.05, 0) is 36.2 Å². The molecule has 0 spiro atoms. The molecule has 0 bridgehead atoms. The molecule has 2 aromatic heterocycles. The number of nitrogens with one attached hydrogen (secondary N) is 1. The average Bonchev–Trinajstić information content (AvgIpc) is 2.91.